The third-order valence-electron chi connectivity index (χ3n) is 4.33. The fraction of sp³-hybridized carbons (Fsp3) is 0.353. The van der Waals surface area contributed by atoms with Gasteiger partial charge in [0.25, 0.3) is 5.91 Å². The molecule has 2 heterocycles. The van der Waals surface area contributed by atoms with E-state index in [1.807, 2.05) is 30.3 Å². The fourth-order valence-electron chi connectivity index (χ4n) is 2.99. The summed E-state index contributed by atoms with van der Waals surface area (Å²) in [5.41, 5.74) is 7.37. The Labute approximate surface area is 145 Å². The molecule has 3 rings (SSSR count). The Bertz CT molecular complexity index is 772. The average Bonchev–Trinajstić information content (AvgIpc) is 3.14. The molecule has 7 heteroatoms. The van der Waals surface area contributed by atoms with Gasteiger partial charge in [-0.15, -0.1) is 0 Å². The Balaban J connectivity index is 1.81. The normalized spacial score (nSPS) is 17.2. The third-order valence-corrected chi connectivity index (χ3v) is 4.72. The van der Waals surface area contributed by atoms with Crippen molar-refractivity contribution in [3.63, 3.8) is 0 Å². The van der Waals surface area contributed by atoms with E-state index < -0.39 is 0 Å². The number of likely N-dealkylation sites (tertiary alicyclic amines) is 1. The molecule has 1 saturated heterocycles. The van der Waals surface area contributed by atoms with Crippen LogP contribution in [0.15, 0.2) is 30.3 Å². The molecule has 2 amide bonds. The number of carbonyl (C=O) groups is 2. The van der Waals surface area contributed by atoms with Crippen molar-refractivity contribution in [2.45, 2.75) is 19.9 Å². The minimum atomic E-state index is -0.368. The second kappa shape index (κ2) is 6.65. The summed E-state index contributed by atoms with van der Waals surface area (Å²) < 4.78 is 1.63. The highest BCUT2D eigenvalue weighted by molar-refractivity contribution is 6.33. The maximum atomic E-state index is 12.8. The van der Waals surface area contributed by atoms with Crippen LogP contribution in [-0.4, -0.2) is 39.6 Å². The number of primary amides is 1. The number of hydrogen-bond donors (Lipinski definition) is 1. The maximum Gasteiger partial charge on any atom is 0.258 e. The SMILES string of the molecule is Cc1nn(Cc2ccccc2)c(Cl)c1C(=O)N1CC[C@@H](C(N)=O)C1. The first-order valence-electron chi connectivity index (χ1n) is 7.82. The van der Waals surface area contributed by atoms with Crippen molar-refractivity contribution in [2.75, 3.05) is 13.1 Å². The lowest BCUT2D eigenvalue weighted by Crippen LogP contribution is -2.32. The summed E-state index contributed by atoms with van der Waals surface area (Å²) >= 11 is 6.41. The molecule has 6 nitrogen and oxygen atoms in total. The minimum Gasteiger partial charge on any atom is -0.369 e. The highest BCUT2D eigenvalue weighted by Crippen LogP contribution is 2.25. The van der Waals surface area contributed by atoms with E-state index >= 15 is 0 Å². The van der Waals surface area contributed by atoms with E-state index in [9.17, 15) is 9.59 Å². The van der Waals surface area contributed by atoms with Crippen LogP contribution in [0, 0.1) is 12.8 Å². The summed E-state index contributed by atoms with van der Waals surface area (Å²) in [6.45, 7) is 3.11. The molecule has 1 atom stereocenters. The zero-order valence-electron chi connectivity index (χ0n) is 13.4. The number of halogens is 1. The summed E-state index contributed by atoms with van der Waals surface area (Å²) in [6, 6.07) is 9.79. The van der Waals surface area contributed by atoms with Crippen molar-refractivity contribution in [2.24, 2.45) is 11.7 Å². The van der Waals surface area contributed by atoms with Gasteiger partial charge in [-0.3, -0.25) is 9.59 Å². The van der Waals surface area contributed by atoms with E-state index in [0.29, 0.717) is 42.5 Å². The molecule has 24 heavy (non-hydrogen) atoms. The lowest BCUT2D eigenvalue weighted by atomic mass is 10.1. The quantitative estimate of drug-likeness (QED) is 0.917. The monoisotopic (exact) mass is 346 g/mol. The first-order chi connectivity index (χ1) is 11.5. The van der Waals surface area contributed by atoms with Gasteiger partial charge in [-0.05, 0) is 18.9 Å². The van der Waals surface area contributed by atoms with E-state index in [1.165, 1.54) is 0 Å². The van der Waals surface area contributed by atoms with Crippen LogP contribution in [0.3, 0.4) is 0 Å². The van der Waals surface area contributed by atoms with Crippen molar-refractivity contribution >= 4 is 23.4 Å². The van der Waals surface area contributed by atoms with Gasteiger partial charge in [-0.25, -0.2) is 4.68 Å². The smallest absolute Gasteiger partial charge is 0.258 e. The zero-order valence-corrected chi connectivity index (χ0v) is 14.2. The largest absolute Gasteiger partial charge is 0.369 e. The highest BCUT2D eigenvalue weighted by Gasteiger charge is 2.33. The van der Waals surface area contributed by atoms with Gasteiger partial charge in [0.05, 0.1) is 23.7 Å². The molecule has 0 unspecified atom stereocenters. The van der Waals surface area contributed by atoms with Crippen LogP contribution in [-0.2, 0) is 11.3 Å². The standard InChI is InChI=1S/C17H19ClN4O2/c1-11-14(17(24)21-8-7-13(10-21)16(19)23)15(18)22(20-11)9-12-5-3-2-4-6-12/h2-6,13H,7-10H2,1H3,(H2,19,23)/t13-/m1/s1. The van der Waals surface area contributed by atoms with Crippen LogP contribution < -0.4 is 5.73 Å². The van der Waals surface area contributed by atoms with Gasteiger partial charge < -0.3 is 10.6 Å². The van der Waals surface area contributed by atoms with Crippen molar-refractivity contribution in [3.05, 3.63) is 52.3 Å². The molecule has 2 N–H and O–H groups in total. The van der Waals surface area contributed by atoms with Crippen molar-refractivity contribution < 1.29 is 9.59 Å². The van der Waals surface area contributed by atoms with Gasteiger partial charge >= 0.3 is 0 Å². The number of aryl methyl sites for hydroxylation is 1. The number of benzene rings is 1. The molecule has 0 spiro atoms. The molecule has 1 aromatic heterocycles. The first-order valence-corrected chi connectivity index (χ1v) is 8.20. The summed E-state index contributed by atoms with van der Waals surface area (Å²) in [6.07, 6.45) is 0.593. The van der Waals surface area contributed by atoms with Crippen molar-refractivity contribution in [3.8, 4) is 0 Å². The summed E-state index contributed by atoms with van der Waals surface area (Å²) in [5, 5.41) is 4.72. The molecule has 0 aliphatic carbocycles. The van der Waals surface area contributed by atoms with E-state index in [2.05, 4.69) is 5.10 Å². The Kier molecular flexibility index (Phi) is 4.57. The van der Waals surface area contributed by atoms with Crippen LogP contribution in [0.5, 0.6) is 0 Å². The molecule has 0 radical (unpaired) electrons. The topological polar surface area (TPSA) is 81.2 Å². The van der Waals surface area contributed by atoms with Gasteiger partial charge in [0.2, 0.25) is 5.91 Å². The molecule has 2 aromatic rings. The van der Waals surface area contributed by atoms with Crippen LogP contribution in [0.4, 0.5) is 0 Å². The molecule has 126 valence electrons. The Hall–Kier alpha value is -2.34. The van der Waals surface area contributed by atoms with Crippen LogP contribution in [0.1, 0.15) is 28.0 Å². The second-order valence-electron chi connectivity index (χ2n) is 6.03. The molecule has 1 aliphatic rings. The summed E-state index contributed by atoms with van der Waals surface area (Å²) in [7, 11) is 0. The number of nitrogens with two attached hydrogens (primary N) is 1. The predicted octanol–water partition coefficient (Wildman–Crippen LogP) is 1.84. The van der Waals surface area contributed by atoms with Crippen LogP contribution >= 0.6 is 11.6 Å². The van der Waals surface area contributed by atoms with E-state index in [0.717, 1.165) is 5.56 Å². The van der Waals surface area contributed by atoms with Gasteiger partial charge in [0.1, 0.15) is 5.15 Å². The van der Waals surface area contributed by atoms with Crippen LogP contribution in [0.2, 0.25) is 5.15 Å². The van der Waals surface area contributed by atoms with Gasteiger partial charge in [0.15, 0.2) is 0 Å². The minimum absolute atomic E-state index is 0.194. The molecule has 0 saturated carbocycles. The predicted molar refractivity (Wildman–Crippen MR) is 90.7 cm³/mol. The third kappa shape index (κ3) is 3.14. The molecular weight excluding hydrogens is 328 g/mol. The lowest BCUT2D eigenvalue weighted by molar-refractivity contribution is -0.121. The molecule has 1 aliphatic heterocycles. The Morgan fingerprint density at radius 1 is 1.33 bits per heavy atom. The summed E-state index contributed by atoms with van der Waals surface area (Å²) in [5.74, 6) is -0.846. The van der Waals surface area contributed by atoms with E-state index in [-0.39, 0.29) is 17.7 Å². The van der Waals surface area contributed by atoms with Crippen molar-refractivity contribution in [1.29, 1.82) is 0 Å². The van der Waals surface area contributed by atoms with E-state index in [4.69, 9.17) is 17.3 Å². The molecule has 0 bridgehead atoms. The van der Waals surface area contributed by atoms with Gasteiger partial charge in [0, 0.05) is 13.1 Å². The lowest BCUT2D eigenvalue weighted by Gasteiger charge is -2.15. The van der Waals surface area contributed by atoms with Crippen LogP contribution in [0.25, 0.3) is 0 Å². The van der Waals surface area contributed by atoms with Gasteiger partial charge in [-0.1, -0.05) is 41.9 Å². The fourth-order valence-corrected chi connectivity index (χ4v) is 3.31. The number of amides is 2. The first kappa shape index (κ1) is 16.5. The number of nitrogens with zero attached hydrogens (tertiary/aromatic N) is 3. The number of rotatable bonds is 4. The Morgan fingerprint density at radius 3 is 2.67 bits per heavy atom. The Morgan fingerprint density at radius 2 is 2.04 bits per heavy atom. The summed E-state index contributed by atoms with van der Waals surface area (Å²) in [4.78, 5) is 25.7. The maximum absolute atomic E-state index is 12.8. The molecular formula is C17H19ClN4O2. The second-order valence-corrected chi connectivity index (χ2v) is 6.39. The number of hydrogen-bond acceptors (Lipinski definition) is 3. The zero-order chi connectivity index (χ0) is 17.3. The molecule has 1 fully saturated rings. The van der Waals surface area contributed by atoms with Crippen molar-refractivity contribution in [1.82, 2.24) is 14.7 Å². The van der Waals surface area contributed by atoms with Gasteiger partial charge in [-0.2, -0.15) is 5.10 Å². The van der Waals surface area contributed by atoms with E-state index in [1.54, 1.807) is 16.5 Å². The molecule has 1 aromatic carbocycles. The number of aromatic nitrogens is 2. The number of carbonyl (C=O) groups excluding carboxylic acids is 2. The highest BCUT2D eigenvalue weighted by atomic mass is 35.5. The average molecular weight is 347 g/mol.